The van der Waals surface area contributed by atoms with Gasteiger partial charge < -0.3 is 15.2 Å². The Kier molecular flexibility index (Phi) is 5.29. The molecule has 0 radical (unpaired) electrons. The largest absolute Gasteiger partial charge is 0.492 e. The van der Waals surface area contributed by atoms with E-state index in [-0.39, 0.29) is 12.1 Å². The van der Waals surface area contributed by atoms with Crippen molar-refractivity contribution in [1.82, 2.24) is 5.32 Å². The maximum absolute atomic E-state index is 9.11. The molecule has 16 heavy (non-hydrogen) atoms. The molecule has 0 aromatic heterocycles. The highest BCUT2D eigenvalue weighted by molar-refractivity contribution is 5.26. The summed E-state index contributed by atoms with van der Waals surface area (Å²) in [5.74, 6) is 0.885. The first-order chi connectivity index (χ1) is 7.58. The number of rotatable bonds is 6. The van der Waals surface area contributed by atoms with E-state index in [9.17, 15) is 0 Å². The van der Waals surface area contributed by atoms with Crippen LogP contribution in [-0.4, -0.2) is 30.4 Å². The van der Waals surface area contributed by atoms with Crippen LogP contribution < -0.4 is 10.1 Å². The van der Waals surface area contributed by atoms with Gasteiger partial charge in [-0.3, -0.25) is 0 Å². The van der Waals surface area contributed by atoms with Crippen LogP contribution in [0.2, 0.25) is 0 Å². The Bertz CT molecular complexity index is 295. The fourth-order valence-corrected chi connectivity index (χ4v) is 1.29. The van der Waals surface area contributed by atoms with E-state index in [1.54, 1.807) is 6.92 Å². The van der Waals surface area contributed by atoms with Gasteiger partial charge in [0.2, 0.25) is 0 Å². The molecule has 3 heteroatoms. The van der Waals surface area contributed by atoms with Crippen LogP contribution in [0.4, 0.5) is 0 Å². The smallest absolute Gasteiger partial charge is 0.119 e. The van der Waals surface area contributed by atoms with Crippen LogP contribution in [0.15, 0.2) is 24.3 Å². The van der Waals surface area contributed by atoms with Crippen molar-refractivity contribution in [2.45, 2.75) is 32.9 Å². The summed E-state index contributed by atoms with van der Waals surface area (Å²) in [5, 5.41) is 12.3. The van der Waals surface area contributed by atoms with Gasteiger partial charge in [-0.25, -0.2) is 0 Å². The highest BCUT2D eigenvalue weighted by atomic mass is 16.5. The van der Waals surface area contributed by atoms with Gasteiger partial charge >= 0.3 is 0 Å². The summed E-state index contributed by atoms with van der Waals surface area (Å²) in [6.07, 6.45) is -0.318. The van der Waals surface area contributed by atoms with E-state index in [1.807, 2.05) is 31.2 Å². The minimum atomic E-state index is -0.318. The van der Waals surface area contributed by atoms with Crippen LogP contribution >= 0.6 is 0 Å². The van der Waals surface area contributed by atoms with Crippen molar-refractivity contribution in [3.05, 3.63) is 29.8 Å². The second-order valence-electron chi connectivity index (χ2n) is 4.28. The van der Waals surface area contributed by atoms with Gasteiger partial charge in [-0.05, 0) is 32.9 Å². The standard InChI is InChI=1S/C13H21NO2/c1-10-4-6-13(7-5-10)16-9-11(2)14-8-12(3)15/h4-7,11-12,14-15H,8-9H2,1-3H3/t11?,12-/m0/s1. The van der Waals surface area contributed by atoms with E-state index in [2.05, 4.69) is 12.2 Å². The van der Waals surface area contributed by atoms with Gasteiger partial charge in [-0.1, -0.05) is 17.7 Å². The topological polar surface area (TPSA) is 41.5 Å². The van der Waals surface area contributed by atoms with E-state index < -0.39 is 0 Å². The predicted octanol–water partition coefficient (Wildman–Crippen LogP) is 1.73. The summed E-state index contributed by atoms with van der Waals surface area (Å²) in [7, 11) is 0. The molecule has 1 aromatic carbocycles. The quantitative estimate of drug-likeness (QED) is 0.771. The van der Waals surface area contributed by atoms with Crippen molar-refractivity contribution in [2.24, 2.45) is 0 Å². The van der Waals surface area contributed by atoms with E-state index in [4.69, 9.17) is 9.84 Å². The lowest BCUT2D eigenvalue weighted by atomic mass is 10.2. The van der Waals surface area contributed by atoms with Crippen molar-refractivity contribution in [3.63, 3.8) is 0 Å². The molecule has 0 aliphatic rings. The Morgan fingerprint density at radius 2 is 1.88 bits per heavy atom. The van der Waals surface area contributed by atoms with Crippen molar-refractivity contribution in [2.75, 3.05) is 13.2 Å². The third-order valence-corrected chi connectivity index (χ3v) is 2.28. The molecule has 0 fully saturated rings. The molecule has 90 valence electrons. The van der Waals surface area contributed by atoms with Gasteiger partial charge in [0.1, 0.15) is 12.4 Å². The Balaban J connectivity index is 2.26. The first-order valence-electron chi connectivity index (χ1n) is 5.69. The van der Waals surface area contributed by atoms with Gasteiger partial charge in [0, 0.05) is 12.6 Å². The monoisotopic (exact) mass is 223 g/mol. The van der Waals surface area contributed by atoms with Crippen molar-refractivity contribution in [3.8, 4) is 5.75 Å². The van der Waals surface area contributed by atoms with E-state index in [0.717, 1.165) is 5.75 Å². The second kappa shape index (κ2) is 6.51. The van der Waals surface area contributed by atoms with Gasteiger partial charge in [-0.2, -0.15) is 0 Å². The minimum Gasteiger partial charge on any atom is -0.492 e. The number of aliphatic hydroxyl groups excluding tert-OH is 1. The molecular weight excluding hydrogens is 202 g/mol. The SMILES string of the molecule is Cc1ccc(OCC(C)NC[C@H](C)O)cc1. The predicted molar refractivity (Wildman–Crippen MR) is 65.8 cm³/mol. The van der Waals surface area contributed by atoms with Crippen LogP contribution in [0.1, 0.15) is 19.4 Å². The number of hydrogen-bond acceptors (Lipinski definition) is 3. The molecule has 0 amide bonds. The minimum absolute atomic E-state index is 0.232. The molecular formula is C13H21NO2. The maximum Gasteiger partial charge on any atom is 0.119 e. The first kappa shape index (κ1) is 13.0. The molecule has 3 nitrogen and oxygen atoms in total. The third-order valence-electron chi connectivity index (χ3n) is 2.28. The Morgan fingerprint density at radius 3 is 2.44 bits per heavy atom. The van der Waals surface area contributed by atoms with Gasteiger partial charge in [0.15, 0.2) is 0 Å². The Labute approximate surface area is 97.4 Å². The van der Waals surface area contributed by atoms with Crippen LogP contribution in [0.3, 0.4) is 0 Å². The van der Waals surface area contributed by atoms with Gasteiger partial charge in [0.25, 0.3) is 0 Å². The fraction of sp³-hybridized carbons (Fsp3) is 0.538. The van der Waals surface area contributed by atoms with Crippen molar-refractivity contribution in [1.29, 1.82) is 0 Å². The van der Waals surface area contributed by atoms with Crippen LogP contribution in [0, 0.1) is 6.92 Å². The summed E-state index contributed by atoms with van der Waals surface area (Å²) >= 11 is 0. The molecule has 2 N–H and O–H groups in total. The average molecular weight is 223 g/mol. The summed E-state index contributed by atoms with van der Waals surface area (Å²) in [5.41, 5.74) is 1.23. The molecule has 0 spiro atoms. The normalized spacial score (nSPS) is 14.5. The van der Waals surface area contributed by atoms with Crippen LogP contribution in [-0.2, 0) is 0 Å². The molecule has 2 atom stereocenters. The molecule has 0 heterocycles. The Hall–Kier alpha value is -1.06. The van der Waals surface area contributed by atoms with Crippen molar-refractivity contribution < 1.29 is 9.84 Å². The van der Waals surface area contributed by atoms with E-state index >= 15 is 0 Å². The average Bonchev–Trinajstić information content (AvgIpc) is 2.25. The number of hydrogen-bond donors (Lipinski definition) is 2. The highest BCUT2D eigenvalue weighted by Crippen LogP contribution is 2.11. The second-order valence-corrected chi connectivity index (χ2v) is 4.28. The summed E-state index contributed by atoms with van der Waals surface area (Å²) in [6, 6.07) is 8.23. The lowest BCUT2D eigenvalue weighted by molar-refractivity contribution is 0.178. The van der Waals surface area contributed by atoms with Crippen LogP contribution in [0.5, 0.6) is 5.75 Å². The molecule has 0 saturated carbocycles. The first-order valence-corrected chi connectivity index (χ1v) is 5.69. The molecule has 1 aromatic rings. The number of benzene rings is 1. The highest BCUT2D eigenvalue weighted by Gasteiger charge is 2.03. The molecule has 0 aliphatic carbocycles. The molecule has 0 saturated heterocycles. The number of aryl methyl sites for hydroxylation is 1. The number of ether oxygens (including phenoxy) is 1. The summed E-state index contributed by atoms with van der Waals surface area (Å²) < 4.78 is 5.61. The number of aliphatic hydroxyl groups is 1. The lowest BCUT2D eigenvalue weighted by Crippen LogP contribution is -2.36. The fourth-order valence-electron chi connectivity index (χ4n) is 1.29. The van der Waals surface area contributed by atoms with Crippen LogP contribution in [0.25, 0.3) is 0 Å². The Morgan fingerprint density at radius 1 is 1.25 bits per heavy atom. The molecule has 0 aliphatic heterocycles. The zero-order chi connectivity index (χ0) is 12.0. The van der Waals surface area contributed by atoms with E-state index in [0.29, 0.717) is 13.2 Å². The maximum atomic E-state index is 9.11. The third kappa shape index (κ3) is 5.14. The zero-order valence-corrected chi connectivity index (χ0v) is 10.2. The van der Waals surface area contributed by atoms with Gasteiger partial charge in [0.05, 0.1) is 6.10 Å². The lowest BCUT2D eigenvalue weighted by Gasteiger charge is -2.16. The number of nitrogens with one attached hydrogen (secondary N) is 1. The molecule has 0 bridgehead atoms. The zero-order valence-electron chi connectivity index (χ0n) is 10.2. The summed E-state index contributed by atoms with van der Waals surface area (Å²) in [4.78, 5) is 0. The molecule has 1 unspecified atom stereocenters. The molecule has 1 rings (SSSR count). The van der Waals surface area contributed by atoms with E-state index in [1.165, 1.54) is 5.56 Å². The van der Waals surface area contributed by atoms with Gasteiger partial charge in [-0.15, -0.1) is 0 Å². The van der Waals surface area contributed by atoms with Crippen molar-refractivity contribution >= 4 is 0 Å². The summed E-state index contributed by atoms with van der Waals surface area (Å²) in [6.45, 7) is 7.06.